The molecule has 0 N–H and O–H groups in total. The molecule has 3 nitrogen and oxygen atoms in total. The first-order valence-corrected chi connectivity index (χ1v) is 5.80. The first kappa shape index (κ1) is 11.4. The maximum Gasteiger partial charge on any atom is 0.303 e. The van der Waals surface area contributed by atoms with Crippen molar-refractivity contribution in [3.63, 3.8) is 0 Å². The van der Waals surface area contributed by atoms with Crippen molar-refractivity contribution in [2.45, 2.75) is 45.6 Å². The van der Waals surface area contributed by atoms with Gasteiger partial charge in [-0.05, 0) is 45.1 Å². The molecule has 0 heterocycles. The second kappa shape index (κ2) is 3.44. The summed E-state index contributed by atoms with van der Waals surface area (Å²) in [5.41, 5.74) is -1.24. The van der Waals surface area contributed by atoms with Crippen LogP contribution in [-0.2, 0) is 14.3 Å². The molecular formula is C13H18O3. The van der Waals surface area contributed by atoms with Crippen LogP contribution in [0.25, 0.3) is 0 Å². The van der Waals surface area contributed by atoms with E-state index in [-0.39, 0.29) is 11.8 Å². The van der Waals surface area contributed by atoms with Crippen molar-refractivity contribution >= 4 is 11.8 Å². The molecule has 3 unspecified atom stereocenters. The zero-order valence-corrected chi connectivity index (χ0v) is 10.1. The summed E-state index contributed by atoms with van der Waals surface area (Å²) in [5.74, 6) is 0.270. The predicted octanol–water partition coefficient (Wildman–Crippen LogP) is 2.25. The molecule has 1 fully saturated rings. The molecule has 3 aliphatic rings. The van der Waals surface area contributed by atoms with Crippen molar-refractivity contribution in [1.82, 2.24) is 0 Å². The first-order chi connectivity index (χ1) is 7.40. The van der Waals surface area contributed by atoms with Gasteiger partial charge in [0.2, 0.25) is 0 Å². The summed E-state index contributed by atoms with van der Waals surface area (Å²) < 4.78 is 5.50. The number of Topliss-reactive ketones (excluding diaryl/α,β-unsaturated/α-hetero) is 1. The summed E-state index contributed by atoms with van der Waals surface area (Å²) in [5, 5.41) is 0. The highest BCUT2D eigenvalue weighted by Gasteiger charge is 2.57. The number of rotatable bonds is 2. The Labute approximate surface area is 95.9 Å². The highest BCUT2D eigenvalue weighted by molar-refractivity contribution is 5.85. The molecule has 2 bridgehead atoms. The van der Waals surface area contributed by atoms with Gasteiger partial charge < -0.3 is 4.74 Å². The zero-order valence-electron chi connectivity index (χ0n) is 10.1. The summed E-state index contributed by atoms with van der Waals surface area (Å²) in [6, 6.07) is 0. The maximum absolute atomic E-state index is 11.9. The van der Waals surface area contributed by atoms with Crippen molar-refractivity contribution in [1.29, 1.82) is 0 Å². The lowest BCUT2D eigenvalue weighted by Crippen LogP contribution is -2.57. The fourth-order valence-electron chi connectivity index (χ4n) is 3.09. The Bertz CT molecular complexity index is 371. The molecule has 0 spiro atoms. The molecule has 0 aromatic carbocycles. The minimum Gasteiger partial charge on any atom is -0.454 e. The Kier molecular flexibility index (Phi) is 2.44. The molecule has 3 atom stereocenters. The van der Waals surface area contributed by atoms with Gasteiger partial charge in [-0.2, -0.15) is 0 Å². The Morgan fingerprint density at radius 3 is 2.50 bits per heavy atom. The summed E-state index contributed by atoms with van der Waals surface area (Å²) in [6.07, 6.45) is 6.60. The number of ether oxygens (including phenoxy) is 1. The topological polar surface area (TPSA) is 43.4 Å². The van der Waals surface area contributed by atoms with Crippen LogP contribution in [0.1, 0.15) is 40.0 Å². The first-order valence-electron chi connectivity index (χ1n) is 5.80. The van der Waals surface area contributed by atoms with Crippen molar-refractivity contribution in [2.75, 3.05) is 0 Å². The molecule has 3 heteroatoms. The summed E-state index contributed by atoms with van der Waals surface area (Å²) in [6.45, 7) is 4.93. The molecule has 3 aliphatic carbocycles. The van der Waals surface area contributed by atoms with E-state index in [1.165, 1.54) is 6.92 Å². The van der Waals surface area contributed by atoms with Gasteiger partial charge in [0.25, 0.3) is 0 Å². The van der Waals surface area contributed by atoms with E-state index in [9.17, 15) is 9.59 Å². The summed E-state index contributed by atoms with van der Waals surface area (Å²) in [4.78, 5) is 23.1. The SMILES string of the molecule is CC(=O)OC12C=CC(CC1)CC2(C)C(C)=O. The number of carbonyl (C=O) groups excluding carboxylic acids is 2. The van der Waals surface area contributed by atoms with E-state index in [2.05, 4.69) is 6.08 Å². The number of hydrogen-bond donors (Lipinski definition) is 0. The lowest BCUT2D eigenvalue weighted by atomic mass is 9.55. The van der Waals surface area contributed by atoms with Crippen molar-refractivity contribution in [3.8, 4) is 0 Å². The van der Waals surface area contributed by atoms with E-state index in [0.717, 1.165) is 19.3 Å². The van der Waals surface area contributed by atoms with Crippen molar-refractivity contribution in [2.24, 2.45) is 11.3 Å². The highest BCUT2D eigenvalue weighted by Crippen LogP contribution is 2.54. The van der Waals surface area contributed by atoms with Crippen LogP contribution in [0.2, 0.25) is 0 Å². The Balaban J connectivity index is 2.43. The highest BCUT2D eigenvalue weighted by atomic mass is 16.6. The minimum atomic E-state index is -0.695. The molecule has 0 radical (unpaired) electrons. The largest absolute Gasteiger partial charge is 0.454 e. The average molecular weight is 222 g/mol. The number of carbonyl (C=O) groups is 2. The molecule has 0 aromatic heterocycles. The third-order valence-electron chi connectivity index (χ3n) is 4.23. The van der Waals surface area contributed by atoms with E-state index in [0.29, 0.717) is 5.92 Å². The van der Waals surface area contributed by atoms with Gasteiger partial charge in [-0.15, -0.1) is 0 Å². The number of esters is 1. The number of ketones is 1. The smallest absolute Gasteiger partial charge is 0.303 e. The van der Waals surface area contributed by atoms with Crippen LogP contribution in [0.4, 0.5) is 0 Å². The third-order valence-corrected chi connectivity index (χ3v) is 4.23. The van der Waals surface area contributed by atoms with Crippen LogP contribution in [0.3, 0.4) is 0 Å². The Morgan fingerprint density at radius 2 is 2.06 bits per heavy atom. The molecule has 0 aromatic rings. The second-order valence-corrected chi connectivity index (χ2v) is 5.23. The Hall–Kier alpha value is -1.12. The van der Waals surface area contributed by atoms with Gasteiger partial charge in [0, 0.05) is 6.92 Å². The standard InChI is InChI=1S/C13H18O3/c1-9(14)12(3)8-11-4-6-13(12,7-5-11)16-10(2)15/h4,6,11H,5,7-8H2,1-3H3. The number of fused-ring (bicyclic) bond motifs is 2. The summed E-state index contributed by atoms with van der Waals surface area (Å²) >= 11 is 0. The van der Waals surface area contributed by atoms with Gasteiger partial charge in [0.15, 0.2) is 0 Å². The number of hydrogen-bond acceptors (Lipinski definition) is 3. The second-order valence-electron chi connectivity index (χ2n) is 5.23. The number of allylic oxidation sites excluding steroid dienone is 1. The molecular weight excluding hydrogens is 204 g/mol. The molecule has 0 saturated heterocycles. The van der Waals surface area contributed by atoms with Gasteiger partial charge in [-0.3, -0.25) is 9.59 Å². The van der Waals surface area contributed by atoms with Crippen molar-refractivity contribution in [3.05, 3.63) is 12.2 Å². The fraction of sp³-hybridized carbons (Fsp3) is 0.692. The van der Waals surface area contributed by atoms with Crippen LogP contribution >= 0.6 is 0 Å². The minimum absolute atomic E-state index is 0.114. The molecule has 88 valence electrons. The lowest BCUT2D eigenvalue weighted by molar-refractivity contribution is -0.177. The monoisotopic (exact) mass is 222 g/mol. The lowest BCUT2D eigenvalue weighted by Gasteiger charge is -2.52. The van der Waals surface area contributed by atoms with Crippen molar-refractivity contribution < 1.29 is 14.3 Å². The summed E-state index contributed by atoms with van der Waals surface area (Å²) in [7, 11) is 0. The molecule has 0 aliphatic heterocycles. The van der Waals surface area contributed by atoms with Crippen LogP contribution in [0, 0.1) is 11.3 Å². The molecule has 3 rings (SSSR count). The quantitative estimate of drug-likeness (QED) is 0.531. The Morgan fingerprint density at radius 1 is 1.38 bits per heavy atom. The zero-order chi connectivity index (χ0) is 12.0. The van der Waals surface area contributed by atoms with Crippen LogP contribution in [0.15, 0.2) is 12.2 Å². The molecule has 16 heavy (non-hydrogen) atoms. The maximum atomic E-state index is 11.9. The van der Waals surface area contributed by atoms with Gasteiger partial charge in [0.05, 0.1) is 5.41 Å². The van der Waals surface area contributed by atoms with Crippen LogP contribution < -0.4 is 0 Å². The van der Waals surface area contributed by atoms with Crippen LogP contribution in [0.5, 0.6) is 0 Å². The molecule has 1 saturated carbocycles. The molecule has 0 amide bonds. The van der Waals surface area contributed by atoms with E-state index in [4.69, 9.17) is 4.74 Å². The normalized spacial score (nSPS) is 40.8. The predicted molar refractivity (Wildman–Crippen MR) is 59.8 cm³/mol. The van der Waals surface area contributed by atoms with Gasteiger partial charge in [-0.1, -0.05) is 6.08 Å². The van der Waals surface area contributed by atoms with E-state index >= 15 is 0 Å². The average Bonchev–Trinajstić information content (AvgIpc) is 2.19. The van der Waals surface area contributed by atoms with Gasteiger partial charge >= 0.3 is 5.97 Å². The van der Waals surface area contributed by atoms with E-state index in [1.54, 1.807) is 6.92 Å². The third kappa shape index (κ3) is 1.41. The van der Waals surface area contributed by atoms with Crippen LogP contribution in [-0.4, -0.2) is 17.4 Å². The fourth-order valence-corrected chi connectivity index (χ4v) is 3.09. The van der Waals surface area contributed by atoms with Gasteiger partial charge in [-0.25, -0.2) is 0 Å². The van der Waals surface area contributed by atoms with Gasteiger partial charge in [0.1, 0.15) is 11.4 Å². The van der Waals surface area contributed by atoms with E-state index < -0.39 is 11.0 Å². The van der Waals surface area contributed by atoms with E-state index in [1.807, 2.05) is 13.0 Å².